The van der Waals surface area contributed by atoms with Crippen LogP contribution in [0, 0.1) is 27.7 Å². The van der Waals surface area contributed by atoms with Gasteiger partial charge in [-0.05, 0) is 81.4 Å². The number of nitrogens with zero attached hydrogens (tertiary/aromatic N) is 1. The number of nitrogens with one attached hydrogen (secondary N) is 3. The third kappa shape index (κ3) is 4.93. The van der Waals surface area contributed by atoms with Gasteiger partial charge >= 0.3 is 0 Å². The van der Waals surface area contributed by atoms with Gasteiger partial charge in [-0.25, -0.2) is 13.1 Å². The minimum atomic E-state index is -3.79. The van der Waals surface area contributed by atoms with Gasteiger partial charge in [-0.15, -0.1) is 0 Å². The topological polar surface area (TPSA) is 96.3 Å². The van der Waals surface area contributed by atoms with Gasteiger partial charge in [0.05, 0.1) is 10.6 Å². The smallest absolute Gasteiger partial charge is 0.264 e. The average Bonchev–Trinajstić information content (AvgIpc) is 2.97. The summed E-state index contributed by atoms with van der Waals surface area (Å²) in [5.41, 5.74) is 5.06. The molecule has 0 saturated heterocycles. The van der Waals surface area contributed by atoms with Gasteiger partial charge in [0, 0.05) is 16.9 Å². The van der Waals surface area contributed by atoms with E-state index < -0.39 is 10.0 Å². The molecule has 0 radical (unpaired) electrons. The summed E-state index contributed by atoms with van der Waals surface area (Å²) in [5, 5.41) is 10.4. The van der Waals surface area contributed by atoms with Crippen LogP contribution in [0.5, 0.6) is 0 Å². The first-order valence-electron chi connectivity index (χ1n) is 8.87. The monoisotopic (exact) mass is 430 g/mol. The van der Waals surface area contributed by atoms with Gasteiger partial charge in [-0.2, -0.15) is 0 Å². The van der Waals surface area contributed by atoms with Crippen LogP contribution in [0.1, 0.15) is 22.4 Å². The first-order chi connectivity index (χ1) is 13.7. The number of sulfonamides is 1. The molecule has 0 spiro atoms. The van der Waals surface area contributed by atoms with Crippen LogP contribution >= 0.6 is 12.2 Å². The van der Waals surface area contributed by atoms with E-state index in [1.807, 2.05) is 32.0 Å². The predicted molar refractivity (Wildman–Crippen MR) is 119 cm³/mol. The Morgan fingerprint density at radius 2 is 1.69 bits per heavy atom. The van der Waals surface area contributed by atoms with Crippen molar-refractivity contribution in [3.8, 4) is 0 Å². The molecule has 29 heavy (non-hydrogen) atoms. The summed E-state index contributed by atoms with van der Waals surface area (Å²) in [7, 11) is -3.79. The highest BCUT2D eigenvalue weighted by Gasteiger charge is 2.19. The molecule has 3 rings (SSSR count). The number of hydrogen-bond acceptors (Lipinski definition) is 5. The number of thiocarbonyl (C=S) groups is 1. The first kappa shape index (κ1) is 20.8. The zero-order chi connectivity index (χ0) is 21.2. The van der Waals surface area contributed by atoms with Crippen LogP contribution in [0.4, 0.5) is 17.3 Å². The lowest BCUT2D eigenvalue weighted by Crippen LogP contribution is -2.20. The largest absolute Gasteiger partial charge is 0.337 e. The molecule has 2 aromatic carbocycles. The van der Waals surface area contributed by atoms with Crippen LogP contribution in [0.25, 0.3) is 0 Å². The molecular weight excluding hydrogens is 408 g/mol. The second-order valence-corrected chi connectivity index (χ2v) is 8.84. The molecule has 0 bridgehead atoms. The Kier molecular flexibility index (Phi) is 5.90. The molecule has 0 fully saturated rings. The van der Waals surface area contributed by atoms with Gasteiger partial charge in [-0.3, -0.25) is 0 Å². The number of benzene rings is 2. The Morgan fingerprint density at radius 3 is 2.31 bits per heavy atom. The van der Waals surface area contributed by atoms with Gasteiger partial charge < -0.3 is 15.2 Å². The van der Waals surface area contributed by atoms with Crippen molar-refractivity contribution >= 4 is 44.6 Å². The lowest BCUT2D eigenvalue weighted by Gasteiger charge is -2.13. The van der Waals surface area contributed by atoms with E-state index in [1.54, 1.807) is 26.0 Å². The molecule has 9 heteroatoms. The molecule has 0 aliphatic rings. The molecule has 0 unspecified atom stereocenters. The number of hydrogen-bond donors (Lipinski definition) is 3. The first-order valence-corrected chi connectivity index (χ1v) is 10.8. The summed E-state index contributed by atoms with van der Waals surface area (Å²) < 4.78 is 32.5. The number of rotatable bonds is 5. The van der Waals surface area contributed by atoms with Crippen LogP contribution in [0.15, 0.2) is 51.9 Å². The van der Waals surface area contributed by atoms with Crippen LogP contribution < -0.4 is 15.4 Å². The van der Waals surface area contributed by atoms with Crippen LogP contribution in [-0.4, -0.2) is 18.7 Å². The number of anilines is 3. The average molecular weight is 431 g/mol. The van der Waals surface area contributed by atoms with Crippen molar-refractivity contribution < 1.29 is 12.9 Å². The molecular formula is C20H22N4O3S2. The SMILES string of the molecule is Cc1ccc(C)c(NC(=S)Nc2ccc(S(=O)(=O)Nc3onc(C)c3C)cc2)c1. The van der Waals surface area contributed by atoms with Gasteiger partial charge in [0.2, 0.25) is 5.88 Å². The van der Waals surface area contributed by atoms with Gasteiger partial charge in [0.15, 0.2) is 5.11 Å². The van der Waals surface area contributed by atoms with Gasteiger partial charge in [-0.1, -0.05) is 17.3 Å². The van der Waals surface area contributed by atoms with Crippen LogP contribution in [0.2, 0.25) is 0 Å². The zero-order valence-electron chi connectivity index (χ0n) is 16.5. The third-order valence-corrected chi connectivity index (χ3v) is 6.00. The van der Waals surface area contributed by atoms with Crippen LogP contribution in [0.3, 0.4) is 0 Å². The Labute approximate surface area is 175 Å². The lowest BCUT2D eigenvalue weighted by atomic mass is 10.1. The van der Waals surface area contributed by atoms with Crippen molar-refractivity contribution in [2.24, 2.45) is 0 Å². The molecule has 3 N–H and O–H groups in total. The van der Waals surface area contributed by atoms with Crippen molar-refractivity contribution in [1.82, 2.24) is 5.16 Å². The van der Waals surface area contributed by atoms with E-state index in [0.29, 0.717) is 22.1 Å². The molecule has 1 aromatic heterocycles. The van der Waals surface area contributed by atoms with Crippen molar-refractivity contribution in [2.45, 2.75) is 32.6 Å². The molecule has 0 saturated carbocycles. The van der Waals surface area contributed by atoms with E-state index in [1.165, 1.54) is 12.1 Å². The normalized spacial score (nSPS) is 11.2. The fourth-order valence-electron chi connectivity index (χ4n) is 2.56. The fourth-order valence-corrected chi connectivity index (χ4v) is 3.84. The molecule has 1 heterocycles. The van der Waals surface area contributed by atoms with E-state index in [-0.39, 0.29) is 10.8 Å². The maximum absolute atomic E-state index is 12.5. The molecule has 7 nitrogen and oxygen atoms in total. The van der Waals surface area contributed by atoms with E-state index in [9.17, 15) is 8.42 Å². The zero-order valence-corrected chi connectivity index (χ0v) is 18.2. The summed E-state index contributed by atoms with van der Waals surface area (Å²) in [4.78, 5) is 0.102. The highest BCUT2D eigenvalue weighted by molar-refractivity contribution is 7.92. The van der Waals surface area contributed by atoms with Crippen molar-refractivity contribution in [2.75, 3.05) is 15.4 Å². The van der Waals surface area contributed by atoms with Crippen molar-refractivity contribution in [3.63, 3.8) is 0 Å². The van der Waals surface area contributed by atoms with Crippen molar-refractivity contribution in [3.05, 3.63) is 64.8 Å². The number of aromatic nitrogens is 1. The maximum atomic E-state index is 12.5. The lowest BCUT2D eigenvalue weighted by molar-refractivity contribution is 0.430. The number of aryl methyl sites for hydroxylation is 3. The van der Waals surface area contributed by atoms with E-state index in [4.69, 9.17) is 16.7 Å². The van der Waals surface area contributed by atoms with E-state index >= 15 is 0 Å². The summed E-state index contributed by atoms with van der Waals surface area (Å²) in [6.45, 7) is 7.48. The second kappa shape index (κ2) is 8.22. The summed E-state index contributed by atoms with van der Waals surface area (Å²) >= 11 is 5.36. The van der Waals surface area contributed by atoms with E-state index in [2.05, 4.69) is 20.5 Å². The minimum absolute atomic E-state index is 0.102. The molecule has 0 aliphatic heterocycles. The van der Waals surface area contributed by atoms with Crippen LogP contribution in [-0.2, 0) is 10.0 Å². The molecule has 0 atom stereocenters. The minimum Gasteiger partial charge on any atom is -0.337 e. The second-order valence-electron chi connectivity index (χ2n) is 6.75. The fraction of sp³-hybridized carbons (Fsp3) is 0.200. The Morgan fingerprint density at radius 1 is 1.00 bits per heavy atom. The standard InChI is InChI=1S/C20H22N4O3S2/c1-12-5-6-13(2)18(11-12)22-20(28)21-16-7-9-17(10-8-16)29(25,26)24-19-14(3)15(4)23-27-19/h5-11,24H,1-4H3,(H2,21,22,28). The Balaban J connectivity index is 1.68. The molecule has 3 aromatic rings. The van der Waals surface area contributed by atoms with Crippen molar-refractivity contribution in [1.29, 1.82) is 0 Å². The highest BCUT2D eigenvalue weighted by atomic mass is 32.2. The Bertz CT molecular complexity index is 1150. The van der Waals surface area contributed by atoms with Gasteiger partial charge in [0.1, 0.15) is 0 Å². The summed E-state index contributed by atoms with van der Waals surface area (Å²) in [6, 6.07) is 12.3. The highest BCUT2D eigenvalue weighted by Crippen LogP contribution is 2.23. The Hall–Kier alpha value is -2.91. The quantitative estimate of drug-likeness (QED) is 0.512. The summed E-state index contributed by atoms with van der Waals surface area (Å²) in [5.74, 6) is 0.114. The summed E-state index contributed by atoms with van der Waals surface area (Å²) in [6.07, 6.45) is 0. The molecule has 0 amide bonds. The third-order valence-electron chi connectivity index (χ3n) is 4.45. The molecule has 152 valence electrons. The maximum Gasteiger partial charge on any atom is 0.264 e. The molecule has 0 aliphatic carbocycles. The predicted octanol–water partition coefficient (Wildman–Crippen LogP) is 4.52. The van der Waals surface area contributed by atoms with Gasteiger partial charge in [0.25, 0.3) is 10.0 Å². The van der Waals surface area contributed by atoms with E-state index in [0.717, 1.165) is 16.8 Å².